The van der Waals surface area contributed by atoms with Crippen LogP contribution < -0.4 is 0 Å². The minimum absolute atomic E-state index is 0.331. The van der Waals surface area contributed by atoms with Crippen LogP contribution in [0.5, 0.6) is 0 Å². The molecule has 1 aromatic carbocycles. The van der Waals surface area contributed by atoms with Crippen LogP contribution in [0.3, 0.4) is 0 Å². The van der Waals surface area contributed by atoms with E-state index in [2.05, 4.69) is 4.85 Å². The Morgan fingerprint density at radius 2 is 2.04 bits per heavy atom. The van der Waals surface area contributed by atoms with Crippen LogP contribution in [-0.4, -0.2) is 35.3 Å². The molecule has 0 aliphatic heterocycles. The maximum absolute atomic E-state index is 12.3. The van der Waals surface area contributed by atoms with Crippen molar-refractivity contribution in [1.82, 2.24) is 3.97 Å². The highest BCUT2D eigenvalue weighted by atomic mass is 32.2. The largest absolute Gasteiger partial charge is 0.383 e. The molecule has 0 amide bonds. The number of thioether (sulfide) groups is 1. The fourth-order valence-electron chi connectivity index (χ4n) is 2.55. The van der Waals surface area contributed by atoms with Gasteiger partial charge in [0.15, 0.2) is 5.69 Å². The van der Waals surface area contributed by atoms with Crippen LogP contribution in [0.1, 0.15) is 25.1 Å². The monoisotopic (exact) mass is 352 g/mol. The lowest BCUT2D eigenvalue weighted by molar-refractivity contribution is 0.0787. The summed E-state index contributed by atoms with van der Waals surface area (Å²) in [6.45, 7) is 12.6. The molecule has 0 aliphatic carbocycles. The Hall–Kier alpha value is -1.49. The summed E-state index contributed by atoms with van der Waals surface area (Å²) in [5.41, 5.74) is 0.739. The van der Waals surface area contributed by atoms with Crippen LogP contribution in [0, 0.1) is 13.5 Å². The van der Waals surface area contributed by atoms with Crippen LogP contribution in [0.25, 0.3) is 15.7 Å². The molecule has 1 heterocycles. The van der Waals surface area contributed by atoms with Gasteiger partial charge in [-0.15, -0.1) is 0 Å². The van der Waals surface area contributed by atoms with E-state index < -0.39 is 15.6 Å². The van der Waals surface area contributed by atoms with Gasteiger partial charge in [-0.25, -0.2) is 17.2 Å². The SMILES string of the molecule is [C-]#[N+]c1cc2cc(C(C)(O)CSCC)n(S(C)(=O)=O)c2cc1C. The molecular formula is C16H20N2O3S2. The van der Waals surface area contributed by atoms with E-state index in [4.69, 9.17) is 6.57 Å². The van der Waals surface area contributed by atoms with Crippen LogP contribution >= 0.6 is 11.8 Å². The molecule has 0 aliphatic rings. The predicted octanol–water partition coefficient (Wildman–Crippen LogP) is 3.27. The van der Waals surface area contributed by atoms with E-state index in [1.807, 2.05) is 6.92 Å². The van der Waals surface area contributed by atoms with Crippen LogP contribution in [-0.2, 0) is 15.6 Å². The smallest absolute Gasteiger partial charge is 0.236 e. The van der Waals surface area contributed by atoms with Crippen molar-refractivity contribution in [3.8, 4) is 0 Å². The zero-order valence-electron chi connectivity index (χ0n) is 13.6. The Kier molecular flexibility index (Phi) is 4.81. The van der Waals surface area contributed by atoms with Gasteiger partial charge in [0.25, 0.3) is 0 Å². The maximum atomic E-state index is 12.3. The van der Waals surface area contributed by atoms with E-state index >= 15 is 0 Å². The van der Waals surface area contributed by atoms with Crippen molar-refractivity contribution in [2.24, 2.45) is 0 Å². The summed E-state index contributed by atoms with van der Waals surface area (Å²) in [6.07, 6.45) is 1.12. The zero-order valence-corrected chi connectivity index (χ0v) is 15.3. The van der Waals surface area contributed by atoms with Gasteiger partial charge < -0.3 is 5.11 Å². The summed E-state index contributed by atoms with van der Waals surface area (Å²) in [6, 6.07) is 5.03. The quantitative estimate of drug-likeness (QED) is 0.839. The van der Waals surface area contributed by atoms with Gasteiger partial charge in [0.2, 0.25) is 10.0 Å². The number of fused-ring (bicyclic) bond motifs is 1. The van der Waals surface area contributed by atoms with Crippen molar-refractivity contribution in [2.75, 3.05) is 17.8 Å². The van der Waals surface area contributed by atoms with Crippen LogP contribution in [0.4, 0.5) is 5.69 Å². The molecule has 5 nitrogen and oxygen atoms in total. The molecule has 1 N–H and O–H groups in total. The lowest BCUT2D eigenvalue weighted by Gasteiger charge is -2.24. The van der Waals surface area contributed by atoms with E-state index in [0.717, 1.165) is 12.0 Å². The first-order valence-electron chi connectivity index (χ1n) is 7.16. The fourth-order valence-corrected chi connectivity index (χ4v) is 4.42. The molecule has 0 bridgehead atoms. The first-order valence-corrected chi connectivity index (χ1v) is 10.2. The Labute approximate surface area is 141 Å². The lowest BCUT2D eigenvalue weighted by Crippen LogP contribution is -2.30. The Morgan fingerprint density at radius 1 is 1.39 bits per heavy atom. The summed E-state index contributed by atoms with van der Waals surface area (Å²) >= 11 is 1.54. The summed E-state index contributed by atoms with van der Waals surface area (Å²) < 4.78 is 25.8. The average molecular weight is 352 g/mol. The highest BCUT2D eigenvalue weighted by molar-refractivity contribution is 7.99. The predicted molar refractivity (Wildman–Crippen MR) is 95.7 cm³/mol. The van der Waals surface area contributed by atoms with E-state index in [-0.39, 0.29) is 0 Å². The third-order valence-corrected chi connectivity index (χ3v) is 5.90. The minimum Gasteiger partial charge on any atom is -0.383 e. The molecule has 2 rings (SSSR count). The van der Waals surface area contributed by atoms with Gasteiger partial charge in [0, 0.05) is 5.75 Å². The molecule has 23 heavy (non-hydrogen) atoms. The van der Waals surface area contributed by atoms with Gasteiger partial charge >= 0.3 is 0 Å². The molecule has 2 aromatic rings. The summed E-state index contributed by atoms with van der Waals surface area (Å²) in [7, 11) is -3.59. The second-order valence-corrected chi connectivity index (χ2v) is 8.88. The summed E-state index contributed by atoms with van der Waals surface area (Å²) in [5, 5.41) is 11.4. The molecule has 0 spiro atoms. The highest BCUT2D eigenvalue weighted by Gasteiger charge is 2.31. The van der Waals surface area contributed by atoms with Crippen molar-refractivity contribution in [2.45, 2.75) is 26.4 Å². The topological polar surface area (TPSA) is 63.7 Å². The van der Waals surface area contributed by atoms with Crippen molar-refractivity contribution in [3.63, 3.8) is 0 Å². The molecular weight excluding hydrogens is 332 g/mol. The number of aromatic nitrogens is 1. The van der Waals surface area contributed by atoms with Crippen LogP contribution in [0.15, 0.2) is 18.2 Å². The molecule has 7 heteroatoms. The van der Waals surface area contributed by atoms with Gasteiger partial charge in [-0.1, -0.05) is 6.92 Å². The number of aryl methyl sites for hydroxylation is 1. The number of aliphatic hydroxyl groups is 1. The number of rotatable bonds is 5. The van der Waals surface area contributed by atoms with Crippen molar-refractivity contribution in [3.05, 3.63) is 40.9 Å². The van der Waals surface area contributed by atoms with Gasteiger partial charge in [-0.2, -0.15) is 11.8 Å². The first-order chi connectivity index (χ1) is 10.6. The van der Waals surface area contributed by atoms with Crippen LogP contribution in [0.2, 0.25) is 0 Å². The summed E-state index contributed by atoms with van der Waals surface area (Å²) in [5.74, 6) is 1.22. The van der Waals surface area contributed by atoms with E-state index in [9.17, 15) is 13.5 Å². The fraction of sp³-hybridized carbons (Fsp3) is 0.438. The molecule has 0 fully saturated rings. The second-order valence-electron chi connectivity index (χ2n) is 5.78. The molecule has 0 saturated heterocycles. The van der Waals surface area contributed by atoms with Crippen molar-refractivity contribution >= 4 is 38.4 Å². The maximum Gasteiger partial charge on any atom is 0.236 e. The van der Waals surface area contributed by atoms with E-state index in [0.29, 0.717) is 33.6 Å². The molecule has 124 valence electrons. The Balaban J connectivity index is 2.82. The van der Waals surface area contributed by atoms with Gasteiger partial charge in [0.1, 0.15) is 5.60 Å². The number of benzene rings is 1. The molecule has 0 saturated carbocycles. The van der Waals surface area contributed by atoms with Gasteiger partial charge in [-0.05, 0) is 48.7 Å². The standard InChI is InChI=1S/C16H20N2O3S2/c1-6-22-10-16(3,19)15-9-12-8-13(17-4)11(2)7-14(12)18(15)23(5,20)21/h7-9,19H,6,10H2,1-3,5H3. The first kappa shape index (κ1) is 17.9. The molecule has 1 unspecified atom stereocenters. The number of hydrogen-bond donors (Lipinski definition) is 1. The van der Waals surface area contributed by atoms with Crippen molar-refractivity contribution < 1.29 is 13.5 Å². The Bertz CT molecular complexity index is 890. The normalized spacial score (nSPS) is 14.6. The zero-order chi connectivity index (χ0) is 17.4. The lowest BCUT2D eigenvalue weighted by atomic mass is 10.1. The Morgan fingerprint density at radius 3 is 2.57 bits per heavy atom. The average Bonchev–Trinajstić information content (AvgIpc) is 2.83. The molecule has 1 atom stereocenters. The second kappa shape index (κ2) is 6.19. The third-order valence-electron chi connectivity index (χ3n) is 3.67. The third kappa shape index (κ3) is 3.39. The molecule has 0 radical (unpaired) electrons. The minimum atomic E-state index is -3.59. The van der Waals surface area contributed by atoms with E-state index in [1.54, 1.807) is 43.8 Å². The summed E-state index contributed by atoms with van der Waals surface area (Å²) in [4.78, 5) is 3.46. The number of nitrogens with zero attached hydrogens (tertiary/aromatic N) is 2. The van der Waals surface area contributed by atoms with E-state index in [1.165, 1.54) is 3.97 Å². The molecule has 1 aromatic heterocycles. The van der Waals surface area contributed by atoms with Crippen molar-refractivity contribution in [1.29, 1.82) is 0 Å². The van der Waals surface area contributed by atoms with Gasteiger partial charge in [0.05, 0.1) is 24.0 Å². The van der Waals surface area contributed by atoms with Gasteiger partial charge in [-0.3, -0.25) is 0 Å². The number of hydrogen-bond acceptors (Lipinski definition) is 4. The highest BCUT2D eigenvalue weighted by Crippen LogP contribution is 2.35.